The maximum atomic E-state index is 13.5. The zero-order valence-corrected chi connectivity index (χ0v) is 18.5. The van der Waals surface area contributed by atoms with Crippen molar-refractivity contribution < 1.29 is 9.21 Å². The Hall–Kier alpha value is -2.37. The molecule has 0 radical (unpaired) electrons. The summed E-state index contributed by atoms with van der Waals surface area (Å²) in [6.07, 6.45) is 6.99. The van der Waals surface area contributed by atoms with E-state index in [0.717, 1.165) is 60.1 Å². The van der Waals surface area contributed by atoms with Gasteiger partial charge in [0.2, 0.25) is 5.91 Å². The Labute approximate surface area is 184 Å². The van der Waals surface area contributed by atoms with Crippen LogP contribution < -0.4 is 5.32 Å². The molecular weight excluding hydrogens is 398 g/mol. The number of pyridine rings is 1. The van der Waals surface area contributed by atoms with Crippen LogP contribution in [-0.2, 0) is 17.8 Å². The summed E-state index contributed by atoms with van der Waals surface area (Å²) in [5, 5.41) is 4.49. The molecule has 4 rings (SSSR count). The van der Waals surface area contributed by atoms with Crippen molar-refractivity contribution in [2.75, 3.05) is 13.1 Å². The van der Waals surface area contributed by atoms with Gasteiger partial charge in [0.1, 0.15) is 5.58 Å². The summed E-state index contributed by atoms with van der Waals surface area (Å²) in [5.74, 6) is 0.142. The van der Waals surface area contributed by atoms with Gasteiger partial charge in [-0.1, -0.05) is 18.2 Å². The Morgan fingerprint density at radius 2 is 2.07 bits per heavy atom. The van der Waals surface area contributed by atoms with Gasteiger partial charge < -0.3 is 14.6 Å². The molecular formula is C24H30ClN3O2. The number of carbonyl (C=O) groups is 1. The number of carbonyl (C=O) groups excluding carboxylic acids is 1. The van der Waals surface area contributed by atoms with Gasteiger partial charge in [-0.2, -0.15) is 0 Å². The van der Waals surface area contributed by atoms with Crippen molar-refractivity contribution in [3.8, 4) is 0 Å². The van der Waals surface area contributed by atoms with Crippen LogP contribution in [0.2, 0.25) is 0 Å². The molecule has 1 unspecified atom stereocenters. The quantitative estimate of drug-likeness (QED) is 0.647. The smallest absolute Gasteiger partial charge is 0.227 e. The van der Waals surface area contributed by atoms with Crippen LogP contribution in [0.1, 0.15) is 41.6 Å². The fourth-order valence-corrected chi connectivity index (χ4v) is 4.19. The SMILES string of the molecule is Cc1ccc2c(CC(=O)N(Cc3ccccn3)C3CCCNCC3)coc2c1C.Cl. The average Bonchev–Trinajstić information content (AvgIpc) is 2.95. The van der Waals surface area contributed by atoms with Crippen LogP contribution in [-0.4, -0.2) is 34.9 Å². The molecule has 0 saturated carbocycles. The van der Waals surface area contributed by atoms with Crippen molar-refractivity contribution in [3.63, 3.8) is 0 Å². The third kappa shape index (κ3) is 4.85. The van der Waals surface area contributed by atoms with E-state index in [9.17, 15) is 4.79 Å². The lowest BCUT2D eigenvalue weighted by molar-refractivity contribution is -0.133. The van der Waals surface area contributed by atoms with Gasteiger partial charge in [-0.3, -0.25) is 9.78 Å². The van der Waals surface area contributed by atoms with E-state index >= 15 is 0 Å². The first-order valence-corrected chi connectivity index (χ1v) is 10.5. The van der Waals surface area contributed by atoms with E-state index in [1.54, 1.807) is 12.5 Å². The molecule has 3 aromatic rings. The van der Waals surface area contributed by atoms with Crippen LogP contribution >= 0.6 is 12.4 Å². The van der Waals surface area contributed by atoms with Gasteiger partial charge in [-0.25, -0.2) is 0 Å². The van der Waals surface area contributed by atoms with E-state index in [0.29, 0.717) is 13.0 Å². The third-order valence-corrected chi connectivity index (χ3v) is 6.05. The van der Waals surface area contributed by atoms with E-state index in [2.05, 4.69) is 36.3 Å². The number of rotatable bonds is 5. The number of fused-ring (bicyclic) bond motifs is 1. The summed E-state index contributed by atoms with van der Waals surface area (Å²) >= 11 is 0. The van der Waals surface area contributed by atoms with Gasteiger partial charge in [-0.15, -0.1) is 12.4 Å². The van der Waals surface area contributed by atoms with Crippen molar-refractivity contribution in [1.82, 2.24) is 15.2 Å². The first-order valence-electron chi connectivity index (χ1n) is 10.5. The van der Waals surface area contributed by atoms with Gasteiger partial charge in [0.05, 0.1) is 24.9 Å². The number of nitrogens with one attached hydrogen (secondary N) is 1. The molecule has 1 N–H and O–H groups in total. The Morgan fingerprint density at radius 1 is 1.20 bits per heavy atom. The summed E-state index contributed by atoms with van der Waals surface area (Å²) < 4.78 is 5.83. The monoisotopic (exact) mass is 427 g/mol. The van der Waals surface area contributed by atoms with Crippen LogP contribution in [0.5, 0.6) is 0 Å². The largest absolute Gasteiger partial charge is 0.464 e. The molecule has 1 atom stereocenters. The highest BCUT2D eigenvalue weighted by Crippen LogP contribution is 2.28. The normalized spacial score (nSPS) is 16.7. The number of amides is 1. The van der Waals surface area contributed by atoms with Crippen molar-refractivity contribution in [2.24, 2.45) is 0 Å². The molecule has 2 aromatic heterocycles. The molecule has 1 saturated heterocycles. The number of aromatic nitrogens is 1. The molecule has 0 bridgehead atoms. The topological polar surface area (TPSA) is 58.4 Å². The Kier molecular flexibility index (Phi) is 7.51. The second-order valence-corrected chi connectivity index (χ2v) is 8.00. The molecule has 6 heteroatoms. The highest BCUT2D eigenvalue weighted by Gasteiger charge is 2.26. The number of aryl methyl sites for hydroxylation is 2. The second kappa shape index (κ2) is 10.1. The van der Waals surface area contributed by atoms with Crippen molar-refractivity contribution in [1.29, 1.82) is 0 Å². The fraction of sp³-hybridized carbons (Fsp3) is 0.417. The molecule has 1 fully saturated rings. The molecule has 1 aromatic carbocycles. The van der Waals surface area contributed by atoms with Crippen LogP contribution in [0.3, 0.4) is 0 Å². The number of hydrogen-bond acceptors (Lipinski definition) is 4. The Morgan fingerprint density at radius 3 is 2.87 bits per heavy atom. The molecule has 0 aliphatic carbocycles. The van der Waals surface area contributed by atoms with Crippen LogP contribution in [0.25, 0.3) is 11.0 Å². The van der Waals surface area contributed by atoms with E-state index < -0.39 is 0 Å². The minimum atomic E-state index is 0. The highest BCUT2D eigenvalue weighted by atomic mass is 35.5. The standard InChI is InChI=1S/C24H29N3O2.ClH/c1-17-8-9-22-19(16-29-24(22)18(17)2)14-23(28)27(15-20-6-3-4-12-26-20)21-7-5-11-25-13-10-21;/h3-4,6,8-9,12,16,21,25H,5,7,10-11,13-15H2,1-2H3;1H. The molecule has 160 valence electrons. The average molecular weight is 428 g/mol. The second-order valence-electron chi connectivity index (χ2n) is 8.00. The first kappa shape index (κ1) is 22.3. The van der Waals surface area contributed by atoms with Gasteiger partial charge in [0.25, 0.3) is 0 Å². The lowest BCUT2D eigenvalue weighted by Crippen LogP contribution is -2.41. The van der Waals surface area contributed by atoms with E-state index in [1.807, 2.05) is 23.1 Å². The zero-order chi connectivity index (χ0) is 20.2. The predicted molar refractivity (Wildman–Crippen MR) is 122 cm³/mol. The van der Waals surface area contributed by atoms with Crippen molar-refractivity contribution in [2.45, 2.75) is 52.1 Å². The summed E-state index contributed by atoms with van der Waals surface area (Å²) in [7, 11) is 0. The van der Waals surface area contributed by atoms with Crippen molar-refractivity contribution >= 4 is 29.3 Å². The number of benzene rings is 1. The number of hydrogen-bond donors (Lipinski definition) is 1. The number of halogens is 1. The van der Waals surface area contributed by atoms with Crippen LogP contribution in [0.15, 0.2) is 47.2 Å². The minimum absolute atomic E-state index is 0. The first-order chi connectivity index (χ1) is 14.1. The lowest BCUT2D eigenvalue weighted by atomic mass is 10.0. The van der Waals surface area contributed by atoms with Gasteiger partial charge in [0, 0.05) is 23.2 Å². The zero-order valence-electron chi connectivity index (χ0n) is 17.7. The molecule has 0 spiro atoms. The molecule has 1 aliphatic heterocycles. The van der Waals surface area contributed by atoms with Gasteiger partial charge in [0.15, 0.2) is 0 Å². The molecule has 5 nitrogen and oxygen atoms in total. The van der Waals surface area contributed by atoms with Gasteiger partial charge >= 0.3 is 0 Å². The van der Waals surface area contributed by atoms with E-state index in [-0.39, 0.29) is 24.4 Å². The number of nitrogens with zero attached hydrogens (tertiary/aromatic N) is 2. The van der Waals surface area contributed by atoms with Gasteiger partial charge in [-0.05, 0) is 69.5 Å². The third-order valence-electron chi connectivity index (χ3n) is 6.05. The predicted octanol–water partition coefficient (Wildman–Crippen LogP) is 4.58. The fourth-order valence-electron chi connectivity index (χ4n) is 4.19. The molecule has 1 aliphatic rings. The van der Waals surface area contributed by atoms with E-state index in [1.165, 1.54) is 5.56 Å². The summed E-state index contributed by atoms with van der Waals surface area (Å²) in [6.45, 7) is 6.67. The summed E-state index contributed by atoms with van der Waals surface area (Å²) in [4.78, 5) is 20.0. The summed E-state index contributed by atoms with van der Waals surface area (Å²) in [5.41, 5.74) is 5.13. The minimum Gasteiger partial charge on any atom is -0.464 e. The molecule has 3 heterocycles. The lowest BCUT2D eigenvalue weighted by Gasteiger charge is -2.31. The summed E-state index contributed by atoms with van der Waals surface area (Å²) in [6, 6.07) is 10.3. The van der Waals surface area contributed by atoms with Crippen LogP contribution in [0.4, 0.5) is 0 Å². The maximum absolute atomic E-state index is 13.5. The molecule has 30 heavy (non-hydrogen) atoms. The maximum Gasteiger partial charge on any atom is 0.227 e. The van der Waals surface area contributed by atoms with Crippen LogP contribution in [0, 0.1) is 13.8 Å². The van der Waals surface area contributed by atoms with E-state index in [4.69, 9.17) is 4.42 Å². The Bertz CT molecular complexity index is 979. The Balaban J connectivity index is 0.00000256. The highest BCUT2D eigenvalue weighted by molar-refractivity contribution is 5.89. The van der Waals surface area contributed by atoms with Crippen molar-refractivity contribution in [3.05, 3.63) is 65.2 Å². The molecule has 1 amide bonds. The number of furan rings is 1.